The lowest BCUT2D eigenvalue weighted by Crippen LogP contribution is -2.26. The highest BCUT2D eigenvalue weighted by Crippen LogP contribution is 2.28. The molecule has 0 spiro atoms. The van der Waals surface area contributed by atoms with Crippen molar-refractivity contribution in [1.82, 2.24) is 20.0 Å². The topological polar surface area (TPSA) is 107 Å². The first-order valence-corrected chi connectivity index (χ1v) is 11.5. The molecule has 0 bridgehead atoms. The van der Waals surface area contributed by atoms with Crippen molar-refractivity contribution >= 4 is 40.1 Å². The number of anilines is 1. The van der Waals surface area contributed by atoms with Crippen molar-refractivity contribution in [2.24, 2.45) is 5.10 Å². The second-order valence-electron chi connectivity index (χ2n) is 8.11. The fourth-order valence-electron chi connectivity index (χ4n) is 3.95. The van der Waals surface area contributed by atoms with Gasteiger partial charge in [-0.3, -0.25) is 4.79 Å². The number of benzene rings is 3. The summed E-state index contributed by atoms with van der Waals surface area (Å²) in [7, 11) is 0. The van der Waals surface area contributed by atoms with E-state index in [0.717, 1.165) is 5.56 Å². The number of ether oxygens (including phenoxy) is 1. The molecule has 0 aliphatic heterocycles. The van der Waals surface area contributed by atoms with E-state index in [1.807, 2.05) is 42.5 Å². The predicted molar refractivity (Wildman–Crippen MR) is 138 cm³/mol. The molecule has 0 saturated heterocycles. The number of aromatic nitrogens is 3. The number of hydrogen-bond donors (Lipinski definition) is 2. The van der Waals surface area contributed by atoms with Crippen LogP contribution in [0.2, 0.25) is 0 Å². The highest BCUT2D eigenvalue weighted by molar-refractivity contribution is 6.10. The van der Waals surface area contributed by atoms with Crippen molar-refractivity contribution in [3.05, 3.63) is 95.6 Å². The Labute approximate surface area is 210 Å². The molecule has 37 heavy (non-hydrogen) atoms. The number of nitrogens with one attached hydrogen (secondary N) is 1. The van der Waals surface area contributed by atoms with Crippen molar-refractivity contribution in [2.45, 2.75) is 13.0 Å². The lowest BCUT2D eigenvalue weighted by molar-refractivity contribution is -0.0499. The van der Waals surface area contributed by atoms with Crippen LogP contribution in [0.1, 0.15) is 21.5 Å². The number of hydrogen-bond acceptors (Lipinski definition) is 6. The number of rotatable bonds is 8. The molecule has 2 aromatic heterocycles. The Hall–Kier alpha value is -4.86. The zero-order chi connectivity index (χ0) is 25.8. The van der Waals surface area contributed by atoms with E-state index in [2.05, 4.69) is 25.1 Å². The van der Waals surface area contributed by atoms with Crippen LogP contribution in [0.4, 0.5) is 14.6 Å². The lowest BCUT2D eigenvalue weighted by atomic mass is 10.1. The minimum atomic E-state index is -2.99. The Kier molecular flexibility index (Phi) is 6.71. The molecule has 5 rings (SSSR count). The molecule has 0 unspecified atom stereocenters. The number of nitrogen functional groups attached to an aromatic ring is 1. The second-order valence-corrected chi connectivity index (χ2v) is 8.11. The highest BCUT2D eigenvalue weighted by Gasteiger charge is 2.24. The van der Waals surface area contributed by atoms with Gasteiger partial charge in [0.1, 0.15) is 22.6 Å². The van der Waals surface area contributed by atoms with Crippen LogP contribution < -0.4 is 15.8 Å². The standard InChI is InChI=1S/C27H22F2N6O2/c28-27(29)37-21-13-7-4-10-18(21)16-32-35-24(30)22(26(36)31-15-14-17-8-2-1-3-9-17)23-25(35)34-20-12-6-5-11-19(20)33-23/h1-13,16,27H,14-15,30H2,(H,31,36). The summed E-state index contributed by atoms with van der Waals surface area (Å²) in [5.41, 5.74) is 9.63. The van der Waals surface area contributed by atoms with Crippen LogP contribution >= 0.6 is 0 Å². The van der Waals surface area contributed by atoms with Crippen LogP contribution in [0.5, 0.6) is 5.75 Å². The third-order valence-electron chi connectivity index (χ3n) is 5.69. The van der Waals surface area contributed by atoms with Gasteiger partial charge in [0.25, 0.3) is 5.91 Å². The molecule has 0 atom stereocenters. The van der Waals surface area contributed by atoms with Gasteiger partial charge in [0.05, 0.1) is 17.2 Å². The Morgan fingerprint density at radius 3 is 2.43 bits per heavy atom. The summed E-state index contributed by atoms with van der Waals surface area (Å²) in [4.78, 5) is 22.5. The predicted octanol–water partition coefficient (Wildman–Crippen LogP) is 4.62. The molecular weight excluding hydrogens is 478 g/mol. The Morgan fingerprint density at radius 2 is 1.68 bits per heavy atom. The molecule has 0 fully saturated rings. The summed E-state index contributed by atoms with van der Waals surface area (Å²) in [5.74, 6) is -0.448. The number of amides is 1. The Balaban J connectivity index is 1.54. The van der Waals surface area contributed by atoms with E-state index in [1.165, 1.54) is 17.0 Å². The Bertz CT molecular complexity index is 1600. The average molecular weight is 501 g/mol. The molecule has 186 valence electrons. The number of nitrogens with two attached hydrogens (primary N) is 1. The van der Waals surface area contributed by atoms with E-state index in [4.69, 9.17) is 5.73 Å². The number of fused-ring (bicyclic) bond motifs is 2. The maximum absolute atomic E-state index is 13.2. The molecule has 3 aromatic carbocycles. The zero-order valence-electron chi connectivity index (χ0n) is 19.5. The SMILES string of the molecule is Nc1c(C(=O)NCCc2ccccc2)c2nc3ccccc3nc2n1N=Cc1ccccc1OC(F)F. The van der Waals surface area contributed by atoms with Gasteiger partial charge in [0, 0.05) is 12.1 Å². The number of carbonyl (C=O) groups excluding carboxylic acids is 1. The van der Waals surface area contributed by atoms with Crippen molar-refractivity contribution < 1.29 is 18.3 Å². The summed E-state index contributed by atoms with van der Waals surface area (Å²) in [6.45, 7) is -2.60. The third kappa shape index (κ3) is 5.08. The maximum atomic E-state index is 13.2. The molecule has 0 aliphatic carbocycles. The van der Waals surface area contributed by atoms with E-state index in [9.17, 15) is 13.6 Å². The molecule has 0 aliphatic rings. The zero-order valence-corrected chi connectivity index (χ0v) is 19.5. The van der Waals surface area contributed by atoms with Gasteiger partial charge in [-0.1, -0.05) is 54.6 Å². The smallest absolute Gasteiger partial charge is 0.387 e. The molecule has 1 amide bonds. The summed E-state index contributed by atoms with van der Waals surface area (Å²) in [6, 6.07) is 23.2. The molecule has 3 N–H and O–H groups in total. The van der Waals surface area contributed by atoms with Crippen molar-refractivity contribution in [2.75, 3.05) is 12.3 Å². The van der Waals surface area contributed by atoms with Gasteiger partial charge in [-0.25, -0.2) is 9.97 Å². The van der Waals surface area contributed by atoms with E-state index in [1.54, 1.807) is 30.3 Å². The lowest BCUT2D eigenvalue weighted by Gasteiger charge is -2.07. The fourth-order valence-corrected chi connectivity index (χ4v) is 3.95. The minimum absolute atomic E-state index is 0.0195. The van der Waals surface area contributed by atoms with Gasteiger partial charge in [-0.15, -0.1) is 0 Å². The van der Waals surface area contributed by atoms with E-state index in [-0.39, 0.29) is 28.3 Å². The maximum Gasteiger partial charge on any atom is 0.387 e. The molecular formula is C27H22F2N6O2. The summed E-state index contributed by atoms with van der Waals surface area (Å²) >= 11 is 0. The number of carbonyl (C=O) groups is 1. The first kappa shape index (κ1) is 23.9. The number of halogens is 2. The van der Waals surface area contributed by atoms with E-state index < -0.39 is 12.5 Å². The Morgan fingerprint density at radius 1 is 1.00 bits per heavy atom. The first-order chi connectivity index (χ1) is 18.0. The van der Waals surface area contributed by atoms with Crippen LogP contribution in [0, 0.1) is 0 Å². The van der Waals surface area contributed by atoms with Gasteiger partial charge in [-0.05, 0) is 36.2 Å². The van der Waals surface area contributed by atoms with Gasteiger partial charge in [-0.2, -0.15) is 18.6 Å². The molecule has 8 nitrogen and oxygen atoms in total. The van der Waals surface area contributed by atoms with Crippen LogP contribution in [0.15, 0.2) is 84.0 Å². The summed E-state index contributed by atoms with van der Waals surface area (Å²) < 4.78 is 31.5. The number of nitrogens with zero attached hydrogens (tertiary/aromatic N) is 4. The first-order valence-electron chi connectivity index (χ1n) is 11.5. The van der Waals surface area contributed by atoms with Crippen LogP contribution in [-0.4, -0.2) is 39.9 Å². The minimum Gasteiger partial charge on any atom is -0.434 e. The summed E-state index contributed by atoms with van der Waals surface area (Å²) in [5, 5.41) is 7.26. The van der Waals surface area contributed by atoms with Crippen molar-refractivity contribution in [3.63, 3.8) is 0 Å². The monoisotopic (exact) mass is 500 g/mol. The second kappa shape index (κ2) is 10.4. The van der Waals surface area contributed by atoms with Crippen LogP contribution in [-0.2, 0) is 6.42 Å². The van der Waals surface area contributed by atoms with Crippen molar-refractivity contribution in [3.8, 4) is 5.75 Å². The quantitative estimate of drug-likeness (QED) is 0.302. The van der Waals surface area contributed by atoms with Crippen LogP contribution in [0.3, 0.4) is 0 Å². The number of alkyl halides is 2. The molecule has 10 heteroatoms. The highest BCUT2D eigenvalue weighted by atomic mass is 19.3. The van der Waals surface area contributed by atoms with Gasteiger partial charge in [0.15, 0.2) is 5.65 Å². The molecule has 5 aromatic rings. The normalized spacial score (nSPS) is 11.5. The van der Waals surface area contributed by atoms with Gasteiger partial charge >= 0.3 is 6.61 Å². The molecule has 0 saturated carbocycles. The molecule has 2 heterocycles. The fraction of sp³-hybridized carbons (Fsp3) is 0.111. The largest absolute Gasteiger partial charge is 0.434 e. The van der Waals surface area contributed by atoms with E-state index in [0.29, 0.717) is 29.6 Å². The van der Waals surface area contributed by atoms with E-state index >= 15 is 0 Å². The third-order valence-corrected chi connectivity index (χ3v) is 5.69. The van der Waals surface area contributed by atoms with Crippen molar-refractivity contribution in [1.29, 1.82) is 0 Å². The summed E-state index contributed by atoms with van der Waals surface area (Å²) in [6.07, 6.45) is 1.96. The average Bonchev–Trinajstić information content (AvgIpc) is 3.17. The number of para-hydroxylation sites is 3. The van der Waals surface area contributed by atoms with Gasteiger partial charge in [0.2, 0.25) is 0 Å². The van der Waals surface area contributed by atoms with Crippen LogP contribution in [0.25, 0.3) is 22.2 Å². The molecule has 0 radical (unpaired) electrons. The van der Waals surface area contributed by atoms with Gasteiger partial charge < -0.3 is 15.8 Å².